The van der Waals surface area contributed by atoms with E-state index in [-0.39, 0.29) is 16.1 Å². The molecule has 0 aromatic heterocycles. The minimum absolute atomic E-state index is 0.0893. The lowest BCUT2D eigenvalue weighted by Crippen LogP contribution is -2.36. The van der Waals surface area contributed by atoms with Crippen molar-refractivity contribution >= 4 is 49.0 Å². The molecule has 3 N–H and O–H groups in total. The van der Waals surface area contributed by atoms with Crippen LogP contribution in [0.5, 0.6) is 0 Å². The number of halogens is 1. The zero-order valence-corrected chi connectivity index (χ0v) is 18.4. The number of ketones is 1. The summed E-state index contributed by atoms with van der Waals surface area (Å²) in [6.45, 7) is 0. The fraction of sp³-hybridized carbons (Fsp3) is 0.0909. The van der Waals surface area contributed by atoms with Gasteiger partial charge in [0.15, 0.2) is 11.4 Å². The van der Waals surface area contributed by atoms with Gasteiger partial charge < -0.3 is 10.4 Å². The topological polar surface area (TPSA) is 113 Å². The number of sulfonamides is 1. The number of carbonyl (C=O) groups excluding carboxylic acids is 2. The van der Waals surface area contributed by atoms with Crippen LogP contribution in [0.4, 0.5) is 11.4 Å². The van der Waals surface area contributed by atoms with Gasteiger partial charge in [-0.05, 0) is 36.4 Å². The molecule has 1 aliphatic heterocycles. The highest BCUT2D eigenvalue weighted by molar-refractivity contribution is 9.10. The summed E-state index contributed by atoms with van der Waals surface area (Å²) in [6, 6.07) is 18.7. The van der Waals surface area contributed by atoms with Gasteiger partial charge in [-0.2, -0.15) is 0 Å². The molecule has 0 aliphatic carbocycles. The Labute approximate surface area is 187 Å². The molecule has 0 bridgehead atoms. The monoisotopic (exact) mass is 500 g/mol. The van der Waals surface area contributed by atoms with Gasteiger partial charge >= 0.3 is 0 Å². The lowest BCUT2D eigenvalue weighted by atomic mass is 9.88. The smallest absolute Gasteiger partial charge is 0.261 e. The highest BCUT2D eigenvalue weighted by Gasteiger charge is 2.46. The number of hydrogen-bond donors (Lipinski definition) is 3. The fourth-order valence-corrected chi connectivity index (χ4v) is 4.84. The van der Waals surface area contributed by atoms with E-state index in [1.807, 2.05) is 0 Å². The number of carbonyl (C=O) groups is 2. The minimum atomic E-state index is -3.82. The zero-order chi connectivity index (χ0) is 22.2. The molecule has 1 atom stereocenters. The zero-order valence-electron chi connectivity index (χ0n) is 16.0. The molecule has 3 aromatic rings. The maximum atomic E-state index is 12.9. The Morgan fingerprint density at radius 1 is 1.03 bits per heavy atom. The maximum absolute atomic E-state index is 12.9. The van der Waals surface area contributed by atoms with Crippen molar-refractivity contribution in [2.45, 2.75) is 16.9 Å². The molecule has 0 saturated heterocycles. The molecule has 1 aliphatic rings. The van der Waals surface area contributed by atoms with Gasteiger partial charge in [0, 0.05) is 27.0 Å². The molecular formula is C22H17BrN2O5S. The van der Waals surface area contributed by atoms with Gasteiger partial charge in [-0.25, -0.2) is 8.42 Å². The normalized spacial score (nSPS) is 17.7. The van der Waals surface area contributed by atoms with E-state index in [9.17, 15) is 23.1 Å². The van der Waals surface area contributed by atoms with Crippen LogP contribution < -0.4 is 10.0 Å². The van der Waals surface area contributed by atoms with Crippen LogP contribution in [-0.2, 0) is 20.4 Å². The first kappa shape index (κ1) is 21.2. The first-order valence-electron chi connectivity index (χ1n) is 9.24. The molecule has 158 valence electrons. The molecule has 1 heterocycles. The Morgan fingerprint density at radius 2 is 1.77 bits per heavy atom. The summed E-state index contributed by atoms with van der Waals surface area (Å²) >= 11 is 3.30. The molecule has 9 heteroatoms. The summed E-state index contributed by atoms with van der Waals surface area (Å²) in [4.78, 5) is 25.4. The molecule has 0 saturated carbocycles. The van der Waals surface area contributed by atoms with Gasteiger partial charge in [0.1, 0.15) is 0 Å². The van der Waals surface area contributed by atoms with Crippen molar-refractivity contribution in [3.05, 3.63) is 88.4 Å². The maximum Gasteiger partial charge on any atom is 0.261 e. The predicted molar refractivity (Wildman–Crippen MR) is 119 cm³/mol. The molecule has 0 spiro atoms. The van der Waals surface area contributed by atoms with E-state index in [0.717, 1.165) is 4.47 Å². The number of rotatable bonds is 6. The van der Waals surface area contributed by atoms with Crippen LogP contribution in [-0.4, -0.2) is 25.2 Å². The standard InChI is InChI=1S/C22H17BrN2O5S/c23-15-9-10-18-19(12-15)24-21(27)22(18,28)13-20(26)14-5-4-6-16(11-14)25-31(29,30)17-7-2-1-3-8-17/h1-12,25,28H,13H2,(H,24,27)/t22-/m0/s1. The van der Waals surface area contributed by atoms with Crippen LogP contribution in [0.1, 0.15) is 22.3 Å². The molecule has 31 heavy (non-hydrogen) atoms. The van der Waals surface area contributed by atoms with Crippen molar-refractivity contribution in [2.24, 2.45) is 0 Å². The van der Waals surface area contributed by atoms with Gasteiger partial charge in [-0.1, -0.05) is 52.3 Å². The van der Waals surface area contributed by atoms with Crippen molar-refractivity contribution < 1.29 is 23.1 Å². The van der Waals surface area contributed by atoms with Crippen molar-refractivity contribution in [3.8, 4) is 0 Å². The predicted octanol–water partition coefficient (Wildman–Crippen LogP) is 3.66. The van der Waals surface area contributed by atoms with Gasteiger partial charge in [0.05, 0.1) is 11.3 Å². The highest BCUT2D eigenvalue weighted by Crippen LogP contribution is 2.40. The van der Waals surface area contributed by atoms with Crippen molar-refractivity contribution in [1.82, 2.24) is 0 Å². The number of hydrogen-bond acceptors (Lipinski definition) is 5. The molecule has 0 fully saturated rings. The van der Waals surface area contributed by atoms with E-state index in [1.54, 1.807) is 36.4 Å². The molecule has 0 unspecified atom stereocenters. The van der Waals surface area contributed by atoms with E-state index in [2.05, 4.69) is 26.0 Å². The average molecular weight is 501 g/mol. The Bertz CT molecular complexity index is 1290. The summed E-state index contributed by atoms with van der Waals surface area (Å²) in [7, 11) is -3.82. The highest BCUT2D eigenvalue weighted by atomic mass is 79.9. The number of anilines is 2. The number of nitrogens with one attached hydrogen (secondary N) is 2. The summed E-state index contributed by atoms with van der Waals surface area (Å²) in [5.41, 5.74) is -0.900. The van der Waals surface area contributed by atoms with Crippen LogP contribution >= 0.6 is 15.9 Å². The Kier molecular flexibility index (Phi) is 5.42. The summed E-state index contributed by atoms with van der Waals surface area (Å²) in [5.74, 6) is -1.19. The van der Waals surface area contributed by atoms with Crippen molar-refractivity contribution in [2.75, 3.05) is 10.0 Å². The van der Waals surface area contributed by atoms with Crippen LogP contribution in [0, 0.1) is 0 Å². The van der Waals surface area contributed by atoms with E-state index in [1.165, 1.54) is 36.4 Å². The molecular weight excluding hydrogens is 484 g/mol. The molecule has 3 aromatic carbocycles. The Morgan fingerprint density at radius 3 is 2.52 bits per heavy atom. The summed E-state index contributed by atoms with van der Waals surface area (Å²) < 4.78 is 28.2. The van der Waals surface area contributed by atoms with E-state index < -0.39 is 33.7 Å². The van der Waals surface area contributed by atoms with Crippen molar-refractivity contribution in [1.29, 1.82) is 0 Å². The third-order valence-electron chi connectivity index (χ3n) is 4.96. The Balaban J connectivity index is 1.58. The number of Topliss-reactive ketones (excluding diaryl/α,β-unsaturated/α-hetero) is 1. The summed E-state index contributed by atoms with van der Waals surface area (Å²) in [6.07, 6.45) is -0.484. The van der Waals surface area contributed by atoms with Gasteiger partial charge in [-0.3, -0.25) is 14.3 Å². The van der Waals surface area contributed by atoms with Gasteiger partial charge in [-0.15, -0.1) is 0 Å². The van der Waals surface area contributed by atoms with Gasteiger partial charge in [0.2, 0.25) is 0 Å². The molecule has 4 rings (SSSR count). The third kappa shape index (κ3) is 4.12. The summed E-state index contributed by atoms with van der Waals surface area (Å²) in [5, 5.41) is 13.6. The third-order valence-corrected chi connectivity index (χ3v) is 6.85. The van der Waals surface area contributed by atoms with Crippen molar-refractivity contribution in [3.63, 3.8) is 0 Å². The minimum Gasteiger partial charge on any atom is -0.375 e. The largest absolute Gasteiger partial charge is 0.375 e. The van der Waals surface area contributed by atoms with E-state index in [0.29, 0.717) is 11.3 Å². The Hall–Kier alpha value is -3.01. The quantitative estimate of drug-likeness (QED) is 0.447. The molecule has 1 amide bonds. The molecule has 0 radical (unpaired) electrons. The second kappa shape index (κ2) is 7.92. The average Bonchev–Trinajstić information content (AvgIpc) is 2.97. The van der Waals surface area contributed by atoms with Crippen LogP contribution in [0.2, 0.25) is 0 Å². The van der Waals surface area contributed by atoms with Crippen LogP contribution in [0.25, 0.3) is 0 Å². The number of amides is 1. The molecule has 7 nitrogen and oxygen atoms in total. The number of aliphatic hydroxyl groups is 1. The van der Waals surface area contributed by atoms with E-state index in [4.69, 9.17) is 0 Å². The SMILES string of the molecule is O=C(C[C@@]1(O)C(=O)Nc2cc(Br)ccc21)c1cccc(NS(=O)(=O)c2ccccc2)c1. The van der Waals surface area contributed by atoms with Crippen LogP contribution in [0.3, 0.4) is 0 Å². The first-order chi connectivity index (χ1) is 14.7. The second-order valence-electron chi connectivity index (χ2n) is 7.10. The first-order valence-corrected chi connectivity index (χ1v) is 11.5. The van der Waals surface area contributed by atoms with Gasteiger partial charge in [0.25, 0.3) is 15.9 Å². The van der Waals surface area contributed by atoms with E-state index >= 15 is 0 Å². The second-order valence-corrected chi connectivity index (χ2v) is 9.70. The lowest BCUT2D eigenvalue weighted by Gasteiger charge is -2.20. The number of fused-ring (bicyclic) bond motifs is 1. The lowest BCUT2D eigenvalue weighted by molar-refractivity contribution is -0.133. The van der Waals surface area contributed by atoms with Crippen LogP contribution in [0.15, 0.2) is 82.2 Å². The fourth-order valence-electron chi connectivity index (χ4n) is 3.41. The number of benzene rings is 3.